The molecule has 0 saturated carbocycles. The molecule has 4 rings (SSSR count). The van der Waals surface area contributed by atoms with Crippen molar-refractivity contribution in [1.29, 1.82) is 0 Å². The minimum Gasteiger partial charge on any atom is -0.379 e. The first-order valence-corrected chi connectivity index (χ1v) is 9.32. The first-order valence-electron chi connectivity index (χ1n) is 8.34. The number of halogens is 1. The third-order valence-electron chi connectivity index (χ3n) is 4.52. The molecule has 7 heteroatoms. The normalized spacial score (nSPS) is 20.0. The van der Waals surface area contributed by atoms with E-state index in [4.69, 9.17) is 5.73 Å². The number of thioether (sulfide) groups is 1. The molecule has 132 valence electrons. The van der Waals surface area contributed by atoms with Gasteiger partial charge in [0.25, 0.3) is 0 Å². The van der Waals surface area contributed by atoms with Crippen LogP contribution in [0.5, 0.6) is 0 Å². The zero-order valence-corrected chi connectivity index (χ0v) is 15.0. The number of aliphatic imine (C=N–C) groups is 1. The summed E-state index contributed by atoms with van der Waals surface area (Å²) < 4.78 is 14.5. The lowest BCUT2D eigenvalue weighted by Gasteiger charge is -2.26. The number of nitrogens with one attached hydrogen (secondary N) is 1. The van der Waals surface area contributed by atoms with Gasteiger partial charge >= 0.3 is 0 Å². The highest BCUT2D eigenvalue weighted by atomic mass is 32.2. The van der Waals surface area contributed by atoms with E-state index in [1.165, 1.54) is 24.2 Å². The molecule has 2 heterocycles. The van der Waals surface area contributed by atoms with Crippen molar-refractivity contribution in [2.45, 2.75) is 18.9 Å². The highest BCUT2D eigenvalue weighted by Gasteiger charge is 2.26. The van der Waals surface area contributed by atoms with Crippen molar-refractivity contribution in [3.63, 3.8) is 0 Å². The number of fused-ring (bicyclic) bond motifs is 1. The summed E-state index contributed by atoms with van der Waals surface area (Å²) in [6.07, 6.45) is 1.52. The van der Waals surface area contributed by atoms with Crippen LogP contribution in [0.15, 0.2) is 53.8 Å². The molecule has 0 bridgehead atoms. The van der Waals surface area contributed by atoms with E-state index in [9.17, 15) is 4.39 Å². The fraction of sp³-hybridized carbons (Fsp3) is 0.211. The Morgan fingerprint density at radius 1 is 1.19 bits per heavy atom. The largest absolute Gasteiger partial charge is 0.379 e. The van der Waals surface area contributed by atoms with Gasteiger partial charge in [-0.2, -0.15) is 0 Å². The predicted octanol–water partition coefficient (Wildman–Crippen LogP) is 4.05. The number of hydrogen-bond donors (Lipinski definition) is 2. The van der Waals surface area contributed by atoms with E-state index < -0.39 is 0 Å². The highest BCUT2D eigenvalue weighted by molar-refractivity contribution is 8.13. The fourth-order valence-electron chi connectivity index (χ4n) is 3.14. The molecule has 1 aromatic heterocycles. The smallest absolute Gasteiger partial charge is 0.154 e. The van der Waals surface area contributed by atoms with Gasteiger partial charge in [0.05, 0.1) is 11.6 Å². The van der Waals surface area contributed by atoms with Crippen LogP contribution in [0.2, 0.25) is 0 Å². The van der Waals surface area contributed by atoms with Crippen LogP contribution >= 0.6 is 11.8 Å². The van der Waals surface area contributed by atoms with E-state index >= 15 is 0 Å². The average Bonchev–Trinajstić information content (AvgIpc) is 2.64. The van der Waals surface area contributed by atoms with Crippen LogP contribution < -0.4 is 11.1 Å². The maximum Gasteiger partial charge on any atom is 0.154 e. The summed E-state index contributed by atoms with van der Waals surface area (Å²) in [6.45, 7) is 1.97. The minimum absolute atomic E-state index is 0.0174. The molecule has 2 aromatic carbocycles. The molecule has 3 N–H and O–H groups in total. The number of amidine groups is 1. The Labute approximate surface area is 155 Å². The third-order valence-corrected chi connectivity index (χ3v) is 5.45. The molecule has 0 fully saturated rings. The molecule has 0 radical (unpaired) electrons. The molecular weight excluding hydrogens is 349 g/mol. The van der Waals surface area contributed by atoms with Crippen molar-refractivity contribution in [2.75, 3.05) is 11.1 Å². The second-order valence-corrected chi connectivity index (χ2v) is 7.27. The van der Waals surface area contributed by atoms with E-state index in [0.29, 0.717) is 22.3 Å². The lowest BCUT2D eigenvalue weighted by Crippen LogP contribution is -2.26. The Balaban J connectivity index is 1.68. The Morgan fingerprint density at radius 3 is 2.88 bits per heavy atom. The molecule has 0 saturated heterocycles. The van der Waals surface area contributed by atoms with E-state index in [0.717, 1.165) is 16.6 Å². The number of anilines is 2. The Morgan fingerprint density at radius 2 is 2.04 bits per heavy atom. The van der Waals surface area contributed by atoms with Crippen LogP contribution in [-0.4, -0.2) is 26.9 Å². The van der Waals surface area contributed by atoms with Crippen molar-refractivity contribution in [3.05, 3.63) is 60.2 Å². The monoisotopic (exact) mass is 367 g/mol. The summed E-state index contributed by atoms with van der Waals surface area (Å²) in [5.41, 5.74) is 8.06. The quantitative estimate of drug-likeness (QED) is 0.730. The SMILES string of the molecule is C[C@@H]1N=C(N)SCC1c1cc(Nc2ncnc3ccccc23)ccc1F. The number of benzene rings is 2. The van der Waals surface area contributed by atoms with Crippen molar-refractivity contribution in [2.24, 2.45) is 10.7 Å². The molecule has 5 nitrogen and oxygen atoms in total. The zero-order valence-electron chi connectivity index (χ0n) is 14.2. The lowest BCUT2D eigenvalue weighted by atomic mass is 9.93. The minimum atomic E-state index is -0.226. The van der Waals surface area contributed by atoms with Crippen LogP contribution in [0.1, 0.15) is 18.4 Å². The van der Waals surface area contributed by atoms with E-state index in [-0.39, 0.29) is 17.8 Å². The van der Waals surface area contributed by atoms with Crippen molar-refractivity contribution in [1.82, 2.24) is 9.97 Å². The van der Waals surface area contributed by atoms with Crippen molar-refractivity contribution >= 4 is 39.3 Å². The topological polar surface area (TPSA) is 76.2 Å². The van der Waals surface area contributed by atoms with Gasteiger partial charge < -0.3 is 11.1 Å². The predicted molar refractivity (Wildman–Crippen MR) is 106 cm³/mol. The first kappa shape index (κ1) is 16.8. The number of rotatable bonds is 3. The van der Waals surface area contributed by atoms with E-state index in [1.807, 2.05) is 37.3 Å². The molecule has 0 spiro atoms. The molecule has 3 aromatic rings. The van der Waals surface area contributed by atoms with Gasteiger partial charge in [0.15, 0.2) is 5.17 Å². The number of hydrogen-bond acceptors (Lipinski definition) is 6. The molecular formula is C19H18FN5S. The molecule has 26 heavy (non-hydrogen) atoms. The summed E-state index contributed by atoms with van der Waals surface area (Å²) in [5, 5.41) is 4.77. The summed E-state index contributed by atoms with van der Waals surface area (Å²) in [4.78, 5) is 13.0. The maximum atomic E-state index is 14.5. The number of nitrogens with zero attached hydrogens (tertiary/aromatic N) is 3. The molecule has 0 aliphatic carbocycles. The standard InChI is InChI=1S/C19H18FN5S/c1-11-15(9-26-19(21)24-11)14-8-12(6-7-16(14)20)25-18-13-4-2-3-5-17(13)22-10-23-18/h2-8,10-11,15H,9H2,1H3,(H2,21,24)(H,22,23,25)/t11-,15?/m0/s1. The zero-order chi connectivity index (χ0) is 18.1. The van der Waals surface area contributed by atoms with E-state index in [1.54, 1.807) is 6.07 Å². The van der Waals surface area contributed by atoms with Crippen LogP contribution in [-0.2, 0) is 0 Å². The summed E-state index contributed by atoms with van der Waals surface area (Å²) in [5.74, 6) is 1.17. The van der Waals surface area contributed by atoms with Crippen LogP contribution in [0.25, 0.3) is 10.9 Å². The molecule has 2 atom stereocenters. The van der Waals surface area contributed by atoms with Gasteiger partial charge in [0.2, 0.25) is 0 Å². The summed E-state index contributed by atoms with van der Waals surface area (Å²) in [7, 11) is 0. The van der Waals surface area contributed by atoms with Crippen LogP contribution in [0.3, 0.4) is 0 Å². The van der Waals surface area contributed by atoms with Crippen molar-refractivity contribution < 1.29 is 4.39 Å². The second kappa shape index (κ2) is 6.92. The third kappa shape index (κ3) is 3.22. The maximum absolute atomic E-state index is 14.5. The Kier molecular flexibility index (Phi) is 4.46. The van der Waals surface area contributed by atoms with Gasteiger partial charge in [0.1, 0.15) is 18.0 Å². The van der Waals surface area contributed by atoms with Gasteiger partial charge in [-0.05, 0) is 42.8 Å². The van der Waals surface area contributed by atoms with Crippen LogP contribution in [0.4, 0.5) is 15.9 Å². The molecule has 1 aliphatic rings. The van der Waals surface area contributed by atoms with Gasteiger partial charge in [-0.1, -0.05) is 23.9 Å². The molecule has 0 amide bonds. The van der Waals surface area contributed by atoms with Gasteiger partial charge in [-0.3, -0.25) is 4.99 Å². The fourth-order valence-corrected chi connectivity index (χ4v) is 4.19. The molecule has 1 unspecified atom stereocenters. The number of nitrogens with two attached hydrogens (primary N) is 1. The van der Waals surface area contributed by atoms with Gasteiger partial charge in [0, 0.05) is 22.7 Å². The number of para-hydroxylation sites is 1. The summed E-state index contributed by atoms with van der Waals surface area (Å²) >= 11 is 1.47. The van der Waals surface area contributed by atoms with E-state index in [2.05, 4.69) is 20.3 Å². The van der Waals surface area contributed by atoms with Gasteiger partial charge in [-0.25, -0.2) is 14.4 Å². The highest BCUT2D eigenvalue weighted by Crippen LogP contribution is 2.34. The summed E-state index contributed by atoms with van der Waals surface area (Å²) in [6, 6.07) is 12.8. The van der Waals surface area contributed by atoms with Gasteiger partial charge in [-0.15, -0.1) is 0 Å². The van der Waals surface area contributed by atoms with Crippen molar-refractivity contribution in [3.8, 4) is 0 Å². The molecule has 1 aliphatic heterocycles. The lowest BCUT2D eigenvalue weighted by molar-refractivity contribution is 0.554. The average molecular weight is 367 g/mol. The Bertz CT molecular complexity index is 985. The van der Waals surface area contributed by atoms with Crippen LogP contribution in [0, 0.1) is 5.82 Å². The second-order valence-electron chi connectivity index (χ2n) is 6.23. The Hall–Kier alpha value is -2.67. The number of aromatic nitrogens is 2. The first-order chi connectivity index (χ1) is 12.6.